The lowest BCUT2D eigenvalue weighted by Crippen LogP contribution is -2.29. The number of nitrogens with zero attached hydrogens (tertiary/aromatic N) is 1. The highest BCUT2D eigenvalue weighted by atomic mass is 32.2. The molecule has 1 aromatic rings. The van der Waals surface area contributed by atoms with Crippen LogP contribution in [0.5, 0.6) is 0 Å². The van der Waals surface area contributed by atoms with Crippen molar-refractivity contribution in [2.24, 2.45) is 0 Å². The molecule has 1 aliphatic heterocycles. The number of hydrogen-bond acceptors (Lipinski definition) is 4. The van der Waals surface area contributed by atoms with Crippen molar-refractivity contribution in [3.63, 3.8) is 0 Å². The fourth-order valence-electron chi connectivity index (χ4n) is 1.74. The highest BCUT2D eigenvalue weighted by Gasteiger charge is 2.24. The lowest BCUT2D eigenvalue weighted by Gasteiger charge is -2.13. The minimum atomic E-state index is -0.323. The van der Waals surface area contributed by atoms with Crippen LogP contribution in [0.2, 0.25) is 0 Å². The number of rotatable bonds is 4. The van der Waals surface area contributed by atoms with Crippen LogP contribution in [-0.4, -0.2) is 22.7 Å². The molecule has 0 fully saturated rings. The second-order valence-electron chi connectivity index (χ2n) is 4.14. The SMILES string of the molecule is CC(=O)SCC=Cc1ccc(N2C(=O)C=CC2=O)cc1. The Balaban J connectivity index is 2.02. The number of thioether (sulfide) groups is 1. The molecular formula is C15H13NO3S. The summed E-state index contributed by atoms with van der Waals surface area (Å²) in [7, 11) is 0. The zero-order valence-electron chi connectivity index (χ0n) is 10.9. The number of imide groups is 1. The van der Waals surface area contributed by atoms with Gasteiger partial charge in [-0.15, -0.1) is 0 Å². The summed E-state index contributed by atoms with van der Waals surface area (Å²) in [6, 6.07) is 7.09. The molecule has 0 aromatic heterocycles. The van der Waals surface area contributed by atoms with E-state index in [9.17, 15) is 14.4 Å². The van der Waals surface area contributed by atoms with Gasteiger partial charge in [0.25, 0.3) is 11.8 Å². The molecule has 2 rings (SSSR count). The Morgan fingerprint density at radius 3 is 2.30 bits per heavy atom. The van der Waals surface area contributed by atoms with Crippen LogP contribution in [0.3, 0.4) is 0 Å². The van der Waals surface area contributed by atoms with Crippen LogP contribution in [0, 0.1) is 0 Å². The molecule has 102 valence electrons. The van der Waals surface area contributed by atoms with Crippen LogP contribution in [0.15, 0.2) is 42.5 Å². The van der Waals surface area contributed by atoms with Gasteiger partial charge in [-0.25, -0.2) is 4.90 Å². The fourth-order valence-corrected chi connectivity index (χ4v) is 2.17. The summed E-state index contributed by atoms with van der Waals surface area (Å²) >= 11 is 1.24. The van der Waals surface area contributed by atoms with Crippen molar-refractivity contribution in [1.29, 1.82) is 0 Å². The van der Waals surface area contributed by atoms with Gasteiger partial charge >= 0.3 is 0 Å². The van der Waals surface area contributed by atoms with Gasteiger partial charge in [-0.3, -0.25) is 14.4 Å². The molecular weight excluding hydrogens is 274 g/mol. The van der Waals surface area contributed by atoms with E-state index >= 15 is 0 Å². The van der Waals surface area contributed by atoms with Gasteiger partial charge in [-0.2, -0.15) is 0 Å². The van der Waals surface area contributed by atoms with E-state index in [1.54, 1.807) is 12.1 Å². The van der Waals surface area contributed by atoms with Gasteiger partial charge in [-0.1, -0.05) is 36.0 Å². The first-order valence-corrected chi connectivity index (χ1v) is 7.02. The van der Waals surface area contributed by atoms with Gasteiger partial charge in [-0.05, 0) is 17.7 Å². The van der Waals surface area contributed by atoms with Gasteiger partial charge in [0.15, 0.2) is 5.12 Å². The van der Waals surface area contributed by atoms with Crippen LogP contribution in [0.1, 0.15) is 12.5 Å². The number of carbonyl (C=O) groups excluding carboxylic acids is 3. The van der Waals surface area contributed by atoms with Crippen LogP contribution in [0.4, 0.5) is 5.69 Å². The standard InChI is InChI=1S/C15H13NO3S/c1-11(17)20-10-2-3-12-4-6-13(7-5-12)16-14(18)8-9-15(16)19/h2-9H,10H2,1H3. The zero-order chi connectivity index (χ0) is 14.5. The van der Waals surface area contributed by atoms with Crippen molar-refractivity contribution in [2.45, 2.75) is 6.92 Å². The van der Waals surface area contributed by atoms with E-state index < -0.39 is 0 Å². The molecule has 5 heteroatoms. The molecule has 1 heterocycles. The summed E-state index contributed by atoms with van der Waals surface area (Å²) in [5, 5.41) is 0.0866. The molecule has 2 amide bonds. The number of benzene rings is 1. The van der Waals surface area contributed by atoms with Gasteiger partial charge in [0, 0.05) is 24.8 Å². The highest BCUT2D eigenvalue weighted by molar-refractivity contribution is 8.13. The van der Waals surface area contributed by atoms with E-state index in [1.165, 1.54) is 30.8 Å². The first-order valence-electron chi connectivity index (χ1n) is 6.04. The highest BCUT2D eigenvalue weighted by Crippen LogP contribution is 2.20. The van der Waals surface area contributed by atoms with Crippen LogP contribution >= 0.6 is 11.8 Å². The molecule has 0 saturated carbocycles. The quantitative estimate of drug-likeness (QED) is 0.798. The Kier molecular flexibility index (Phi) is 4.53. The first-order chi connectivity index (χ1) is 9.58. The normalized spacial score (nSPS) is 14.6. The van der Waals surface area contributed by atoms with Crippen molar-refractivity contribution in [3.8, 4) is 0 Å². The second kappa shape index (κ2) is 6.34. The predicted molar refractivity (Wildman–Crippen MR) is 80.2 cm³/mol. The Morgan fingerprint density at radius 1 is 1.15 bits per heavy atom. The Bertz CT molecular complexity index is 584. The summed E-state index contributed by atoms with van der Waals surface area (Å²) in [6.45, 7) is 1.53. The first kappa shape index (κ1) is 14.3. The molecule has 0 N–H and O–H groups in total. The van der Waals surface area contributed by atoms with Crippen LogP contribution < -0.4 is 4.90 Å². The van der Waals surface area contributed by atoms with Gasteiger partial charge < -0.3 is 0 Å². The number of amides is 2. The molecule has 0 radical (unpaired) electrons. The zero-order valence-corrected chi connectivity index (χ0v) is 11.7. The third-order valence-corrected chi connectivity index (χ3v) is 3.42. The summed E-state index contributed by atoms with van der Waals surface area (Å²) in [4.78, 5) is 34.9. The molecule has 1 aromatic carbocycles. The number of hydrogen-bond donors (Lipinski definition) is 0. The van der Waals surface area contributed by atoms with E-state index in [0.29, 0.717) is 11.4 Å². The molecule has 4 nitrogen and oxygen atoms in total. The fraction of sp³-hybridized carbons (Fsp3) is 0.133. The third kappa shape index (κ3) is 3.45. The summed E-state index contributed by atoms with van der Waals surface area (Å²) in [5.41, 5.74) is 1.50. The van der Waals surface area contributed by atoms with Crippen molar-refractivity contribution >= 4 is 40.5 Å². The minimum absolute atomic E-state index is 0.0866. The van der Waals surface area contributed by atoms with E-state index in [0.717, 1.165) is 10.5 Å². The van der Waals surface area contributed by atoms with Crippen molar-refractivity contribution < 1.29 is 14.4 Å². The predicted octanol–water partition coefficient (Wildman–Crippen LogP) is 2.41. The topological polar surface area (TPSA) is 54.5 Å². The average Bonchev–Trinajstić information content (AvgIpc) is 2.75. The molecule has 0 spiro atoms. The van der Waals surface area contributed by atoms with Crippen molar-refractivity contribution in [2.75, 3.05) is 10.7 Å². The lowest BCUT2D eigenvalue weighted by molar-refractivity contribution is -0.120. The maximum absolute atomic E-state index is 11.5. The molecule has 0 saturated heterocycles. The Morgan fingerprint density at radius 2 is 1.75 bits per heavy atom. The van der Waals surface area contributed by atoms with Crippen LogP contribution in [0.25, 0.3) is 6.08 Å². The minimum Gasteiger partial charge on any atom is -0.288 e. The van der Waals surface area contributed by atoms with Gasteiger partial charge in [0.2, 0.25) is 0 Å². The van der Waals surface area contributed by atoms with Crippen molar-refractivity contribution in [3.05, 3.63) is 48.1 Å². The lowest BCUT2D eigenvalue weighted by atomic mass is 10.2. The molecule has 0 atom stereocenters. The molecule has 0 aliphatic carbocycles. The molecule has 0 unspecified atom stereocenters. The smallest absolute Gasteiger partial charge is 0.258 e. The van der Waals surface area contributed by atoms with Gasteiger partial charge in [0.1, 0.15) is 0 Å². The monoisotopic (exact) mass is 287 g/mol. The van der Waals surface area contributed by atoms with Crippen LogP contribution in [-0.2, 0) is 14.4 Å². The Hall–Kier alpha value is -2.14. The third-order valence-electron chi connectivity index (χ3n) is 2.65. The molecule has 0 bridgehead atoms. The van der Waals surface area contributed by atoms with Gasteiger partial charge in [0.05, 0.1) is 5.69 Å². The van der Waals surface area contributed by atoms with E-state index in [4.69, 9.17) is 0 Å². The van der Waals surface area contributed by atoms with E-state index in [1.807, 2.05) is 24.3 Å². The number of anilines is 1. The summed E-state index contributed by atoms with van der Waals surface area (Å²) in [6.07, 6.45) is 6.31. The summed E-state index contributed by atoms with van der Waals surface area (Å²) < 4.78 is 0. The summed E-state index contributed by atoms with van der Waals surface area (Å²) in [5.74, 6) is -0.0169. The average molecular weight is 287 g/mol. The Labute approximate surface area is 121 Å². The molecule has 1 aliphatic rings. The second-order valence-corrected chi connectivity index (χ2v) is 5.34. The largest absolute Gasteiger partial charge is 0.288 e. The van der Waals surface area contributed by atoms with E-state index in [-0.39, 0.29) is 16.9 Å². The number of carbonyl (C=O) groups is 3. The van der Waals surface area contributed by atoms with Crippen molar-refractivity contribution in [1.82, 2.24) is 0 Å². The maximum atomic E-state index is 11.5. The molecule has 20 heavy (non-hydrogen) atoms. The van der Waals surface area contributed by atoms with E-state index in [2.05, 4.69) is 0 Å². The maximum Gasteiger partial charge on any atom is 0.258 e.